The Hall–Kier alpha value is -4.24. The monoisotopic (exact) mass is 422 g/mol. The summed E-state index contributed by atoms with van der Waals surface area (Å²) in [5.41, 5.74) is 1.41. The lowest BCUT2D eigenvalue weighted by atomic mass is 9.96. The van der Waals surface area contributed by atoms with E-state index in [1.54, 1.807) is 66.7 Å². The number of benzene rings is 4. The van der Waals surface area contributed by atoms with E-state index in [9.17, 15) is 9.59 Å². The molecule has 0 saturated carbocycles. The van der Waals surface area contributed by atoms with E-state index in [2.05, 4.69) is 0 Å². The highest BCUT2D eigenvalue weighted by molar-refractivity contribution is 6.09. The van der Waals surface area contributed by atoms with E-state index in [0.717, 1.165) is 10.5 Å². The van der Waals surface area contributed by atoms with E-state index >= 15 is 0 Å². The number of carbonyl (C=O) groups excluding carboxylic acids is 2. The lowest BCUT2D eigenvalue weighted by Gasteiger charge is -2.30. The molecule has 0 aromatic heterocycles. The second-order valence-electron chi connectivity index (χ2n) is 6.98. The van der Waals surface area contributed by atoms with Gasteiger partial charge in [-0.3, -0.25) is 14.5 Å². The van der Waals surface area contributed by atoms with Crippen molar-refractivity contribution in [2.45, 2.75) is 6.04 Å². The van der Waals surface area contributed by atoms with Crippen LogP contribution >= 0.6 is 0 Å². The van der Waals surface area contributed by atoms with Crippen molar-refractivity contribution < 1.29 is 16.4 Å². The molecule has 0 atom stereocenters. The van der Waals surface area contributed by atoms with Crippen molar-refractivity contribution >= 4 is 17.9 Å². The van der Waals surface area contributed by atoms with Gasteiger partial charge in [0.2, 0.25) is 0 Å². The van der Waals surface area contributed by atoms with Crippen LogP contribution in [0.3, 0.4) is 0 Å². The summed E-state index contributed by atoms with van der Waals surface area (Å²) in [5.74, 6) is -1.68. The molecule has 0 bridgehead atoms. The van der Waals surface area contributed by atoms with E-state index in [1.165, 1.54) is 6.08 Å². The molecule has 0 heterocycles. The molecule has 4 aromatic carbocycles. The summed E-state index contributed by atoms with van der Waals surface area (Å²) in [5, 5.41) is 0. The zero-order valence-corrected chi connectivity index (χ0v) is 17.2. The molecule has 0 aliphatic carbocycles. The number of hydrogen-bond acceptors (Lipinski definition) is 2. The van der Waals surface area contributed by atoms with Crippen LogP contribution in [0.5, 0.6) is 0 Å². The summed E-state index contributed by atoms with van der Waals surface area (Å²) in [6.45, 7) is 0. The number of rotatable bonds is 6. The predicted octanol–water partition coefficient (Wildman–Crippen LogP) is 6.16. The summed E-state index contributed by atoms with van der Waals surface area (Å²) >= 11 is 0. The smallest absolute Gasteiger partial charge is 0.261 e. The van der Waals surface area contributed by atoms with E-state index in [1.807, 2.05) is 30.3 Å². The summed E-state index contributed by atoms with van der Waals surface area (Å²) in [4.78, 5) is 28.7. The molecular formula is C29H23NO2. The maximum Gasteiger partial charge on any atom is 0.261 e. The van der Waals surface area contributed by atoms with Gasteiger partial charge in [-0.1, -0.05) is 109 Å². The first-order chi connectivity index (χ1) is 17.8. The normalized spacial score (nSPS) is 13.1. The van der Waals surface area contributed by atoms with Crippen molar-refractivity contribution in [3.63, 3.8) is 0 Å². The Labute approximate surface area is 195 Å². The molecular weight excluding hydrogens is 394 g/mol. The number of nitrogens with zero attached hydrogens (tertiary/aromatic N) is 1. The van der Waals surface area contributed by atoms with Crippen LogP contribution in [0.25, 0.3) is 6.08 Å². The van der Waals surface area contributed by atoms with Gasteiger partial charge in [-0.15, -0.1) is 0 Å². The largest absolute Gasteiger partial charge is 0.269 e. The minimum Gasteiger partial charge on any atom is -0.269 e. The van der Waals surface area contributed by atoms with Gasteiger partial charge in [0.05, 0.1) is 12.9 Å². The molecule has 3 heteroatoms. The van der Waals surface area contributed by atoms with Crippen LogP contribution in [0.15, 0.2) is 127 Å². The van der Waals surface area contributed by atoms with Crippen molar-refractivity contribution in [2.24, 2.45) is 0 Å². The van der Waals surface area contributed by atoms with Gasteiger partial charge in [-0.25, -0.2) is 0 Å². The lowest BCUT2D eigenvalue weighted by molar-refractivity contribution is -0.124. The third-order valence-electron chi connectivity index (χ3n) is 4.88. The Kier molecular flexibility index (Phi) is 4.95. The minimum atomic E-state index is -0.989. The minimum absolute atomic E-state index is 0.565. The molecule has 156 valence electrons. The average molecular weight is 423 g/mol. The zero-order chi connectivity index (χ0) is 26.5. The van der Waals surface area contributed by atoms with Gasteiger partial charge in [0.15, 0.2) is 0 Å². The van der Waals surface area contributed by atoms with Gasteiger partial charge < -0.3 is 0 Å². The molecule has 0 N–H and O–H groups in total. The first-order valence-corrected chi connectivity index (χ1v) is 10.1. The molecule has 0 spiro atoms. The molecule has 3 nitrogen and oxygen atoms in total. The van der Waals surface area contributed by atoms with Gasteiger partial charge in [0.1, 0.15) is 0 Å². The molecule has 32 heavy (non-hydrogen) atoms. The van der Waals surface area contributed by atoms with Gasteiger partial charge in [0, 0.05) is 11.6 Å². The summed E-state index contributed by atoms with van der Waals surface area (Å²) in [6, 6.07) is 22.8. The maximum absolute atomic E-state index is 14.0. The molecule has 0 unspecified atom stereocenters. The average Bonchev–Trinajstić information content (AvgIpc) is 2.94. The Morgan fingerprint density at radius 1 is 0.719 bits per heavy atom. The first kappa shape index (κ1) is 15.5. The topological polar surface area (TPSA) is 37.4 Å². The van der Waals surface area contributed by atoms with Crippen LogP contribution < -0.4 is 0 Å². The predicted molar refractivity (Wildman–Crippen MR) is 128 cm³/mol. The van der Waals surface area contributed by atoms with Crippen molar-refractivity contribution in [1.29, 1.82) is 0 Å². The van der Waals surface area contributed by atoms with Crippen molar-refractivity contribution in [1.82, 2.24) is 4.90 Å². The Bertz CT molecular complexity index is 1390. The maximum atomic E-state index is 14.0. The van der Waals surface area contributed by atoms with Crippen molar-refractivity contribution in [3.8, 4) is 0 Å². The summed E-state index contributed by atoms with van der Waals surface area (Å²) in [6.07, 6.45) is 2.82. The highest BCUT2D eigenvalue weighted by Gasteiger charge is 2.31. The van der Waals surface area contributed by atoms with E-state index in [4.69, 9.17) is 6.85 Å². The first-order valence-electron chi connectivity index (χ1n) is 12.6. The standard InChI is InChI=1S/C29H23NO2/c31-27(22-21-23-13-5-1-6-14-23)30(29(32)26-19-11-4-12-20-26)28(24-15-7-2-8-16-24)25-17-9-3-10-18-25/h1-22,28H/b22-21+/i4D,11D,12D,19D,20D. The quantitative estimate of drug-likeness (QED) is 0.349. The van der Waals surface area contributed by atoms with Crippen molar-refractivity contribution in [2.75, 3.05) is 0 Å². The van der Waals surface area contributed by atoms with Gasteiger partial charge in [-0.05, 0) is 34.9 Å². The second kappa shape index (κ2) is 10.2. The highest BCUT2D eigenvalue weighted by Crippen LogP contribution is 2.30. The molecule has 2 amide bonds. The highest BCUT2D eigenvalue weighted by atomic mass is 16.2. The molecule has 0 aliphatic heterocycles. The number of hydrogen-bond donors (Lipinski definition) is 0. The van der Waals surface area contributed by atoms with Crippen LogP contribution in [0.1, 0.15) is 39.9 Å². The third-order valence-corrected chi connectivity index (χ3v) is 4.88. The van der Waals surface area contributed by atoms with E-state index in [0.29, 0.717) is 11.1 Å². The number of carbonyl (C=O) groups is 2. The zero-order valence-electron chi connectivity index (χ0n) is 22.2. The summed E-state index contributed by atoms with van der Waals surface area (Å²) in [7, 11) is 0. The fraction of sp³-hybridized carbons (Fsp3) is 0.0345. The Morgan fingerprint density at radius 2 is 1.22 bits per heavy atom. The van der Waals surface area contributed by atoms with Gasteiger partial charge >= 0.3 is 0 Å². The fourth-order valence-corrected chi connectivity index (χ4v) is 3.40. The van der Waals surface area contributed by atoms with Crippen LogP contribution in [0, 0.1) is 0 Å². The van der Waals surface area contributed by atoms with Crippen molar-refractivity contribution in [3.05, 3.63) is 150 Å². The van der Waals surface area contributed by atoms with E-state index in [-0.39, 0.29) is 0 Å². The van der Waals surface area contributed by atoms with Crippen LogP contribution in [-0.4, -0.2) is 16.7 Å². The van der Waals surface area contributed by atoms with Crippen LogP contribution in [0.4, 0.5) is 0 Å². The van der Waals surface area contributed by atoms with Gasteiger partial charge in [-0.2, -0.15) is 0 Å². The fourth-order valence-electron chi connectivity index (χ4n) is 3.40. The number of amides is 2. The number of imide groups is 1. The Balaban J connectivity index is 1.93. The Morgan fingerprint density at radius 3 is 1.75 bits per heavy atom. The van der Waals surface area contributed by atoms with E-state index < -0.39 is 53.6 Å². The van der Waals surface area contributed by atoms with Gasteiger partial charge in [0.25, 0.3) is 11.8 Å². The summed E-state index contributed by atoms with van der Waals surface area (Å²) < 4.78 is 40.6. The molecule has 0 radical (unpaired) electrons. The molecule has 0 fully saturated rings. The third kappa shape index (κ3) is 4.90. The van der Waals surface area contributed by atoms with Crippen LogP contribution in [-0.2, 0) is 4.79 Å². The SMILES string of the molecule is [2H]c1c([2H])c([2H])c(C(=O)N(C(=O)/C=C/c2ccccc2)C(c2ccccc2)c2ccccc2)c([2H])c1[2H]. The second-order valence-corrected chi connectivity index (χ2v) is 6.98. The molecule has 4 rings (SSSR count). The molecule has 4 aromatic rings. The van der Waals surface area contributed by atoms with Crippen LogP contribution in [0.2, 0.25) is 0 Å². The molecule has 0 saturated heterocycles. The molecule has 0 aliphatic rings. The lowest BCUT2D eigenvalue weighted by Crippen LogP contribution is -2.39.